The average Bonchev–Trinajstić information content (AvgIpc) is 3.43. The summed E-state index contributed by atoms with van der Waals surface area (Å²) in [6.07, 6.45) is 3.28. The number of aromatic nitrogens is 5. The highest BCUT2D eigenvalue weighted by atomic mass is 16.5. The maximum Gasteiger partial charge on any atom is 0.253 e. The van der Waals surface area contributed by atoms with E-state index < -0.39 is 0 Å². The predicted octanol–water partition coefficient (Wildman–Crippen LogP) is 1.96. The van der Waals surface area contributed by atoms with Gasteiger partial charge in [0.1, 0.15) is 11.2 Å². The van der Waals surface area contributed by atoms with Crippen LogP contribution in [-0.4, -0.2) is 72.2 Å². The molecule has 1 aliphatic rings. The standard InChI is InChI=1S/C24H27N7O5/c1-5-30-13-16(19(32)15-12-26-24(27-21(15)30)31-8-6-25-7-9-31)23-29-28-22(36-23)14-10-17(33-2)20(35-4)18(11-14)34-3/h10-13,25H,5-9H2,1-4H3. The van der Waals surface area contributed by atoms with E-state index in [4.69, 9.17) is 23.6 Å². The highest BCUT2D eigenvalue weighted by Crippen LogP contribution is 2.41. The maximum absolute atomic E-state index is 13.4. The van der Waals surface area contributed by atoms with E-state index in [-0.39, 0.29) is 22.8 Å². The Kier molecular flexibility index (Phi) is 6.42. The normalized spacial score (nSPS) is 13.7. The number of ether oxygens (including phenoxy) is 3. The van der Waals surface area contributed by atoms with Crippen molar-refractivity contribution in [1.29, 1.82) is 0 Å². The summed E-state index contributed by atoms with van der Waals surface area (Å²) in [4.78, 5) is 24.7. The third-order valence-corrected chi connectivity index (χ3v) is 6.11. The maximum atomic E-state index is 13.4. The zero-order chi connectivity index (χ0) is 25.2. The summed E-state index contributed by atoms with van der Waals surface area (Å²) in [5.74, 6) is 2.26. The fourth-order valence-electron chi connectivity index (χ4n) is 4.23. The minimum absolute atomic E-state index is 0.0963. The van der Waals surface area contributed by atoms with E-state index in [0.717, 1.165) is 26.2 Å². The van der Waals surface area contributed by atoms with Crippen LogP contribution in [0.2, 0.25) is 0 Å². The molecule has 1 N–H and O–H groups in total. The van der Waals surface area contributed by atoms with Gasteiger partial charge in [-0.25, -0.2) is 4.98 Å². The Labute approximate surface area is 206 Å². The monoisotopic (exact) mass is 493 g/mol. The highest BCUT2D eigenvalue weighted by Gasteiger charge is 2.22. The first kappa shape index (κ1) is 23.5. The lowest BCUT2D eigenvalue weighted by Gasteiger charge is -2.27. The zero-order valence-corrected chi connectivity index (χ0v) is 20.6. The summed E-state index contributed by atoms with van der Waals surface area (Å²) in [6.45, 7) is 5.93. The molecule has 0 aliphatic carbocycles. The second-order valence-electron chi connectivity index (χ2n) is 8.13. The molecular weight excluding hydrogens is 466 g/mol. The van der Waals surface area contributed by atoms with Gasteiger partial charge in [-0.15, -0.1) is 10.2 Å². The van der Waals surface area contributed by atoms with Crippen LogP contribution in [0.3, 0.4) is 0 Å². The highest BCUT2D eigenvalue weighted by molar-refractivity contribution is 5.80. The Hall–Kier alpha value is -4.19. The lowest BCUT2D eigenvalue weighted by molar-refractivity contribution is 0.324. The van der Waals surface area contributed by atoms with E-state index in [2.05, 4.69) is 25.4 Å². The van der Waals surface area contributed by atoms with Gasteiger partial charge >= 0.3 is 0 Å². The van der Waals surface area contributed by atoms with Crippen LogP contribution in [0.5, 0.6) is 17.2 Å². The first-order chi connectivity index (χ1) is 17.6. The van der Waals surface area contributed by atoms with Crippen molar-refractivity contribution in [3.63, 3.8) is 0 Å². The van der Waals surface area contributed by atoms with Crippen LogP contribution in [0.25, 0.3) is 33.9 Å². The molecule has 0 bridgehead atoms. The van der Waals surface area contributed by atoms with Crippen molar-refractivity contribution >= 4 is 17.0 Å². The number of aryl methyl sites for hydroxylation is 1. The van der Waals surface area contributed by atoms with Crippen molar-refractivity contribution in [2.75, 3.05) is 52.4 Å². The molecule has 0 amide bonds. The van der Waals surface area contributed by atoms with E-state index >= 15 is 0 Å². The molecule has 0 spiro atoms. The van der Waals surface area contributed by atoms with Crippen LogP contribution in [0.4, 0.5) is 5.95 Å². The van der Waals surface area contributed by atoms with Gasteiger partial charge in [-0.05, 0) is 19.1 Å². The van der Waals surface area contributed by atoms with Crippen molar-refractivity contribution in [2.45, 2.75) is 13.5 Å². The molecule has 3 aromatic heterocycles. The molecule has 1 aliphatic heterocycles. The number of anilines is 1. The fraction of sp³-hybridized carbons (Fsp3) is 0.375. The molecular formula is C24H27N7O5. The molecule has 0 atom stereocenters. The summed E-state index contributed by atoms with van der Waals surface area (Å²) in [5, 5.41) is 12.0. The number of fused-ring (bicyclic) bond motifs is 1. The fourth-order valence-corrected chi connectivity index (χ4v) is 4.23. The van der Waals surface area contributed by atoms with Gasteiger partial charge in [-0.2, -0.15) is 4.98 Å². The van der Waals surface area contributed by atoms with Gasteiger partial charge in [0.2, 0.25) is 23.0 Å². The van der Waals surface area contributed by atoms with Crippen LogP contribution in [0, 0.1) is 0 Å². The molecule has 0 radical (unpaired) electrons. The Bertz CT molecular complexity index is 1430. The van der Waals surface area contributed by atoms with Gasteiger partial charge in [-0.1, -0.05) is 0 Å². The van der Waals surface area contributed by atoms with E-state index in [0.29, 0.717) is 46.3 Å². The van der Waals surface area contributed by atoms with Gasteiger partial charge in [0.15, 0.2) is 11.5 Å². The van der Waals surface area contributed by atoms with Gasteiger partial charge < -0.3 is 33.4 Å². The van der Waals surface area contributed by atoms with Crippen LogP contribution in [0.1, 0.15) is 6.92 Å². The number of nitrogens with one attached hydrogen (secondary N) is 1. The molecule has 12 nitrogen and oxygen atoms in total. The molecule has 188 valence electrons. The summed E-state index contributed by atoms with van der Waals surface area (Å²) >= 11 is 0. The summed E-state index contributed by atoms with van der Waals surface area (Å²) in [5.41, 5.74) is 1.12. The zero-order valence-electron chi connectivity index (χ0n) is 20.6. The number of rotatable bonds is 7. The molecule has 4 heterocycles. The van der Waals surface area contributed by atoms with Crippen LogP contribution in [-0.2, 0) is 6.54 Å². The van der Waals surface area contributed by atoms with Gasteiger partial charge in [0, 0.05) is 50.7 Å². The lowest BCUT2D eigenvalue weighted by atomic mass is 10.2. The molecule has 1 aromatic carbocycles. The number of pyridine rings is 1. The smallest absolute Gasteiger partial charge is 0.253 e. The van der Waals surface area contributed by atoms with Crippen molar-refractivity contribution in [1.82, 2.24) is 30.0 Å². The third kappa shape index (κ3) is 4.09. The van der Waals surface area contributed by atoms with E-state index in [9.17, 15) is 4.79 Å². The first-order valence-corrected chi connectivity index (χ1v) is 11.6. The topological polar surface area (TPSA) is 130 Å². The summed E-state index contributed by atoms with van der Waals surface area (Å²) in [6, 6.07) is 3.41. The van der Waals surface area contributed by atoms with Crippen molar-refractivity contribution < 1.29 is 18.6 Å². The SMILES string of the molecule is CCn1cc(-c2nnc(-c3cc(OC)c(OC)c(OC)c3)o2)c(=O)c2cnc(N3CCNCC3)nc21. The number of benzene rings is 1. The molecule has 4 aromatic rings. The number of piperazine rings is 1. The second kappa shape index (κ2) is 9.82. The third-order valence-electron chi connectivity index (χ3n) is 6.11. The van der Waals surface area contributed by atoms with Crippen molar-refractivity contribution in [3.05, 3.63) is 34.7 Å². The van der Waals surface area contributed by atoms with Crippen LogP contribution < -0.4 is 29.9 Å². The second-order valence-corrected chi connectivity index (χ2v) is 8.13. The minimum Gasteiger partial charge on any atom is -0.493 e. The summed E-state index contributed by atoms with van der Waals surface area (Å²) < 4.78 is 24.0. The first-order valence-electron chi connectivity index (χ1n) is 11.6. The molecule has 12 heteroatoms. The molecule has 5 rings (SSSR count). The minimum atomic E-state index is -0.276. The Morgan fingerprint density at radius 3 is 2.36 bits per heavy atom. The van der Waals surface area contributed by atoms with Crippen molar-refractivity contribution in [2.24, 2.45) is 0 Å². The quantitative estimate of drug-likeness (QED) is 0.405. The summed E-state index contributed by atoms with van der Waals surface area (Å²) in [7, 11) is 4.58. The van der Waals surface area contributed by atoms with E-state index in [1.165, 1.54) is 21.3 Å². The average molecular weight is 494 g/mol. The van der Waals surface area contributed by atoms with Crippen LogP contribution in [0.15, 0.2) is 33.7 Å². The number of hydrogen-bond acceptors (Lipinski definition) is 11. The molecule has 1 saturated heterocycles. The largest absolute Gasteiger partial charge is 0.493 e. The Morgan fingerprint density at radius 2 is 1.72 bits per heavy atom. The molecule has 0 unspecified atom stereocenters. The van der Waals surface area contributed by atoms with Crippen LogP contribution >= 0.6 is 0 Å². The Morgan fingerprint density at radius 1 is 1.03 bits per heavy atom. The van der Waals surface area contributed by atoms with Gasteiger partial charge in [0.05, 0.1) is 26.7 Å². The molecule has 36 heavy (non-hydrogen) atoms. The number of nitrogens with zero attached hydrogens (tertiary/aromatic N) is 6. The van der Waals surface area contributed by atoms with Gasteiger partial charge in [-0.3, -0.25) is 4.79 Å². The van der Waals surface area contributed by atoms with E-state index in [1.807, 2.05) is 11.5 Å². The van der Waals surface area contributed by atoms with E-state index in [1.54, 1.807) is 24.5 Å². The molecule has 0 saturated carbocycles. The number of methoxy groups -OCH3 is 3. The van der Waals surface area contributed by atoms with Gasteiger partial charge in [0.25, 0.3) is 5.89 Å². The number of hydrogen-bond donors (Lipinski definition) is 1. The van der Waals surface area contributed by atoms with Crippen molar-refractivity contribution in [3.8, 4) is 40.2 Å². The Balaban J connectivity index is 1.57. The molecule has 1 fully saturated rings. The predicted molar refractivity (Wildman–Crippen MR) is 133 cm³/mol. The lowest BCUT2D eigenvalue weighted by Crippen LogP contribution is -2.44.